The zero-order valence-corrected chi connectivity index (χ0v) is 22.2. The molecule has 9 heteroatoms. The number of amides is 1. The van der Waals surface area contributed by atoms with Crippen molar-refractivity contribution < 1.29 is 28.5 Å². The predicted molar refractivity (Wildman–Crippen MR) is 145 cm³/mol. The molecule has 0 aliphatic rings. The first-order chi connectivity index (χ1) is 18.6. The van der Waals surface area contributed by atoms with Crippen LogP contribution in [0.5, 0.6) is 28.7 Å². The van der Waals surface area contributed by atoms with Crippen molar-refractivity contribution in [3.05, 3.63) is 72.1 Å². The molecule has 1 heterocycles. The molecule has 200 valence electrons. The fourth-order valence-electron chi connectivity index (χ4n) is 4.26. The molecule has 4 aromatic rings. The van der Waals surface area contributed by atoms with Gasteiger partial charge in [-0.3, -0.25) is 4.79 Å². The van der Waals surface area contributed by atoms with E-state index < -0.39 is 0 Å². The largest absolute Gasteiger partial charge is 0.493 e. The first-order valence-electron chi connectivity index (χ1n) is 12.5. The van der Waals surface area contributed by atoms with Crippen molar-refractivity contribution in [1.29, 1.82) is 0 Å². The van der Waals surface area contributed by atoms with Gasteiger partial charge in [0.2, 0.25) is 5.75 Å². The van der Waals surface area contributed by atoms with Gasteiger partial charge in [-0.25, -0.2) is 4.98 Å². The Hall–Kier alpha value is -4.40. The molecular formula is C29H33N3O6. The Morgan fingerprint density at radius 3 is 2.18 bits per heavy atom. The van der Waals surface area contributed by atoms with Gasteiger partial charge in [0.15, 0.2) is 23.0 Å². The van der Waals surface area contributed by atoms with E-state index in [0.29, 0.717) is 61.3 Å². The molecule has 0 saturated carbocycles. The fourth-order valence-corrected chi connectivity index (χ4v) is 4.26. The number of fused-ring (bicyclic) bond motifs is 1. The number of methoxy groups -OCH3 is 3. The van der Waals surface area contributed by atoms with Gasteiger partial charge in [-0.15, -0.1) is 0 Å². The van der Waals surface area contributed by atoms with Gasteiger partial charge in [-0.1, -0.05) is 24.3 Å². The molecule has 4 rings (SSSR count). The lowest BCUT2D eigenvalue weighted by Gasteiger charge is -2.15. The van der Waals surface area contributed by atoms with Gasteiger partial charge in [0.05, 0.1) is 45.5 Å². The maximum atomic E-state index is 12.9. The number of benzene rings is 3. The van der Waals surface area contributed by atoms with Crippen LogP contribution in [0.4, 0.5) is 0 Å². The number of nitrogens with one attached hydrogen (secondary N) is 1. The Morgan fingerprint density at radius 1 is 0.868 bits per heavy atom. The van der Waals surface area contributed by atoms with Crippen LogP contribution in [0.1, 0.15) is 23.1 Å². The lowest BCUT2D eigenvalue weighted by Crippen LogP contribution is -2.27. The Bertz CT molecular complexity index is 1360. The summed E-state index contributed by atoms with van der Waals surface area (Å²) in [5, 5.41) is 2.97. The molecule has 0 bridgehead atoms. The Morgan fingerprint density at radius 2 is 1.53 bits per heavy atom. The second-order valence-corrected chi connectivity index (χ2v) is 8.32. The SMILES string of the molecule is CCOc1ccccc1OCCn1c(CCNC(=O)c2cc(OC)c(OC)c(OC)c2)nc2ccccc21. The van der Waals surface area contributed by atoms with Crippen molar-refractivity contribution in [2.24, 2.45) is 0 Å². The average Bonchev–Trinajstić information content (AvgIpc) is 3.30. The van der Waals surface area contributed by atoms with E-state index in [1.165, 1.54) is 21.3 Å². The molecule has 1 aromatic heterocycles. The number of nitrogens with zero attached hydrogens (tertiary/aromatic N) is 2. The van der Waals surface area contributed by atoms with Gasteiger partial charge in [0.1, 0.15) is 12.4 Å². The van der Waals surface area contributed by atoms with Crippen molar-refractivity contribution in [2.75, 3.05) is 41.1 Å². The summed E-state index contributed by atoms with van der Waals surface area (Å²) >= 11 is 0. The number of aromatic nitrogens is 2. The van der Waals surface area contributed by atoms with Gasteiger partial charge in [-0.2, -0.15) is 0 Å². The van der Waals surface area contributed by atoms with Crippen LogP contribution in [0.2, 0.25) is 0 Å². The molecule has 0 saturated heterocycles. The zero-order valence-electron chi connectivity index (χ0n) is 22.2. The average molecular weight is 520 g/mol. The molecule has 1 N–H and O–H groups in total. The van der Waals surface area contributed by atoms with Crippen LogP contribution in [-0.4, -0.2) is 56.5 Å². The highest BCUT2D eigenvalue weighted by atomic mass is 16.5. The molecule has 0 fully saturated rings. The van der Waals surface area contributed by atoms with Crippen molar-refractivity contribution in [2.45, 2.75) is 19.9 Å². The molecule has 1 amide bonds. The predicted octanol–water partition coefficient (Wildman–Crippen LogP) is 4.51. The molecule has 3 aromatic carbocycles. The topological polar surface area (TPSA) is 93.1 Å². The molecule has 0 radical (unpaired) electrons. The minimum Gasteiger partial charge on any atom is -0.493 e. The van der Waals surface area contributed by atoms with E-state index >= 15 is 0 Å². The molecule has 9 nitrogen and oxygen atoms in total. The molecular weight excluding hydrogens is 486 g/mol. The van der Waals surface area contributed by atoms with Gasteiger partial charge >= 0.3 is 0 Å². The highest BCUT2D eigenvalue weighted by Crippen LogP contribution is 2.38. The molecule has 0 unspecified atom stereocenters. The monoisotopic (exact) mass is 519 g/mol. The molecule has 0 aliphatic heterocycles. The summed E-state index contributed by atoms with van der Waals surface area (Å²) in [7, 11) is 4.56. The first kappa shape index (κ1) is 26.7. The van der Waals surface area contributed by atoms with E-state index in [1.54, 1.807) is 12.1 Å². The van der Waals surface area contributed by atoms with Gasteiger partial charge in [-0.05, 0) is 43.3 Å². The number of ether oxygens (including phenoxy) is 5. The maximum absolute atomic E-state index is 12.9. The van der Waals surface area contributed by atoms with Crippen LogP contribution in [0.25, 0.3) is 11.0 Å². The number of rotatable bonds is 13. The Kier molecular flexibility index (Phi) is 8.92. The lowest BCUT2D eigenvalue weighted by atomic mass is 10.1. The minimum absolute atomic E-state index is 0.247. The smallest absolute Gasteiger partial charge is 0.251 e. The summed E-state index contributed by atoms with van der Waals surface area (Å²) in [4.78, 5) is 17.7. The third-order valence-corrected chi connectivity index (χ3v) is 6.02. The number of imidazole rings is 1. The third kappa shape index (κ3) is 5.94. The van der Waals surface area contributed by atoms with Crippen LogP contribution >= 0.6 is 0 Å². The summed E-state index contributed by atoms with van der Waals surface area (Å²) in [5.74, 6) is 3.32. The van der Waals surface area contributed by atoms with Gasteiger partial charge in [0.25, 0.3) is 5.91 Å². The number of hydrogen-bond acceptors (Lipinski definition) is 7. The Balaban J connectivity index is 1.45. The molecule has 0 atom stereocenters. The Labute approximate surface area is 222 Å². The number of carbonyl (C=O) groups is 1. The van der Waals surface area contributed by atoms with Crippen molar-refractivity contribution >= 4 is 16.9 Å². The highest BCUT2D eigenvalue weighted by molar-refractivity contribution is 5.95. The van der Waals surface area contributed by atoms with Crippen LogP contribution in [-0.2, 0) is 13.0 Å². The minimum atomic E-state index is -0.247. The lowest BCUT2D eigenvalue weighted by molar-refractivity contribution is 0.0953. The standard InChI is InChI=1S/C29H33N3O6/c1-5-37-23-12-8-9-13-24(23)38-17-16-32-22-11-7-6-10-21(22)31-27(32)14-15-30-29(33)20-18-25(34-2)28(36-4)26(19-20)35-3/h6-13,18-19H,5,14-17H2,1-4H3,(H,30,33). The second-order valence-electron chi connectivity index (χ2n) is 8.32. The highest BCUT2D eigenvalue weighted by Gasteiger charge is 2.17. The number of para-hydroxylation sites is 4. The zero-order chi connectivity index (χ0) is 26.9. The van der Waals surface area contributed by atoms with E-state index in [4.69, 9.17) is 28.7 Å². The molecule has 0 spiro atoms. The summed E-state index contributed by atoms with van der Waals surface area (Å²) in [6, 6.07) is 18.9. The van der Waals surface area contributed by atoms with E-state index in [-0.39, 0.29) is 5.91 Å². The van der Waals surface area contributed by atoms with E-state index in [0.717, 1.165) is 22.6 Å². The summed E-state index contributed by atoms with van der Waals surface area (Å²) in [6.07, 6.45) is 0.542. The molecule has 38 heavy (non-hydrogen) atoms. The van der Waals surface area contributed by atoms with Gasteiger partial charge < -0.3 is 33.6 Å². The van der Waals surface area contributed by atoms with E-state index in [2.05, 4.69) is 9.88 Å². The first-order valence-corrected chi connectivity index (χ1v) is 12.5. The molecule has 0 aliphatic carbocycles. The van der Waals surface area contributed by atoms with E-state index in [1.807, 2.05) is 55.5 Å². The van der Waals surface area contributed by atoms with Crippen LogP contribution in [0.15, 0.2) is 60.7 Å². The van der Waals surface area contributed by atoms with Crippen LogP contribution < -0.4 is 29.0 Å². The van der Waals surface area contributed by atoms with Crippen molar-refractivity contribution in [3.8, 4) is 28.7 Å². The number of carbonyl (C=O) groups excluding carboxylic acids is 1. The summed E-state index contributed by atoms with van der Waals surface area (Å²) < 4.78 is 29.9. The van der Waals surface area contributed by atoms with Crippen molar-refractivity contribution in [1.82, 2.24) is 14.9 Å². The van der Waals surface area contributed by atoms with Gasteiger partial charge in [0, 0.05) is 18.5 Å². The van der Waals surface area contributed by atoms with E-state index in [9.17, 15) is 4.79 Å². The number of hydrogen-bond donors (Lipinski definition) is 1. The maximum Gasteiger partial charge on any atom is 0.251 e. The fraction of sp³-hybridized carbons (Fsp3) is 0.310. The summed E-state index contributed by atoms with van der Waals surface area (Å²) in [5.41, 5.74) is 2.32. The van der Waals surface area contributed by atoms with Crippen LogP contribution in [0, 0.1) is 0 Å². The summed E-state index contributed by atoms with van der Waals surface area (Å²) in [6.45, 7) is 3.94. The van der Waals surface area contributed by atoms with Crippen LogP contribution in [0.3, 0.4) is 0 Å². The quantitative estimate of drug-likeness (QED) is 0.278. The van der Waals surface area contributed by atoms with Crippen molar-refractivity contribution in [3.63, 3.8) is 0 Å². The second kappa shape index (κ2) is 12.7. The normalized spacial score (nSPS) is 10.7. The third-order valence-electron chi connectivity index (χ3n) is 6.02.